The quantitative estimate of drug-likeness (QED) is 0.180. The van der Waals surface area contributed by atoms with Gasteiger partial charge < -0.3 is 4.98 Å². The molecule has 0 saturated carbocycles. The number of nitrogens with zero attached hydrogens (tertiary/aromatic N) is 3. The lowest BCUT2D eigenvalue weighted by molar-refractivity contribution is 1.24. The highest BCUT2D eigenvalue weighted by atomic mass is 14.9. The maximum atomic E-state index is 4.82. The first-order valence-corrected chi connectivity index (χ1v) is 19.7. The van der Waals surface area contributed by atoms with Crippen LogP contribution in [0, 0.1) is 142 Å². The summed E-state index contributed by atoms with van der Waals surface area (Å²) < 4.78 is 0. The Balaban J connectivity index is 1.39. The fourth-order valence-corrected chi connectivity index (χ4v) is 6.34. The summed E-state index contributed by atoms with van der Waals surface area (Å²) in [5.74, 6) is 76.2. The van der Waals surface area contributed by atoms with Crippen LogP contribution in [0.25, 0.3) is 0 Å². The number of allylic oxidation sites excluding steroid dienone is 4. The third kappa shape index (κ3) is 10.9. The monoisotopic (exact) mass is 796 g/mol. The minimum absolute atomic E-state index is 0.418. The van der Waals surface area contributed by atoms with Crippen LogP contribution in [0.2, 0.25) is 0 Å². The standard InChI is InChI=1S/C59H32N4/c1-7-13-42-31-45-19-25-52-41-54(60-55(52)17-11-5)27-21-47-33-44(15-9-3)36-50(39-47)24-30-59-62-57(18-12-6)58(63-59)29-23-49-35-43(14-8-2)32-46(38-49)20-26-53-40-51(16-10-4)56(61-53)28-22-48(34-42)37-45/h31-39H,40-41H2,1-6H3,(H,62,63). The number of imidazole rings is 1. The lowest BCUT2D eigenvalue weighted by Crippen LogP contribution is -1.91. The summed E-state index contributed by atoms with van der Waals surface area (Å²) in [5, 5.41) is 0. The number of H-pyrrole nitrogens is 1. The van der Waals surface area contributed by atoms with Gasteiger partial charge in [-0.15, -0.1) is 23.7 Å². The number of aromatic amines is 1. The van der Waals surface area contributed by atoms with E-state index in [4.69, 9.17) is 9.98 Å². The van der Waals surface area contributed by atoms with Gasteiger partial charge in [0.1, 0.15) is 22.8 Å². The Morgan fingerprint density at radius 2 is 0.889 bits per heavy atom. The largest absolute Gasteiger partial charge is 0.324 e. The topological polar surface area (TPSA) is 53.4 Å². The Kier molecular flexibility index (Phi) is 13.1. The summed E-state index contributed by atoms with van der Waals surface area (Å²) >= 11 is 0. The van der Waals surface area contributed by atoms with Gasteiger partial charge in [0.05, 0.1) is 11.4 Å². The molecule has 7 rings (SSSR count). The average molecular weight is 797 g/mol. The maximum Gasteiger partial charge on any atom is 0.185 e. The Morgan fingerprint density at radius 1 is 0.429 bits per heavy atom. The van der Waals surface area contributed by atoms with Crippen molar-refractivity contribution in [2.24, 2.45) is 9.98 Å². The van der Waals surface area contributed by atoms with Crippen molar-refractivity contribution in [2.75, 3.05) is 0 Å². The number of fused-ring (bicyclic) bond motifs is 11. The van der Waals surface area contributed by atoms with Crippen LogP contribution >= 0.6 is 0 Å². The van der Waals surface area contributed by atoms with Crippen LogP contribution in [0.1, 0.15) is 122 Å². The molecule has 12 bridgehead atoms. The van der Waals surface area contributed by atoms with Crippen molar-refractivity contribution < 1.29 is 0 Å². The third-order valence-electron chi connectivity index (χ3n) is 8.87. The van der Waals surface area contributed by atoms with Gasteiger partial charge >= 0.3 is 0 Å². The number of aromatic nitrogens is 2. The third-order valence-corrected chi connectivity index (χ3v) is 8.87. The van der Waals surface area contributed by atoms with Crippen LogP contribution in [0.4, 0.5) is 0 Å². The van der Waals surface area contributed by atoms with E-state index >= 15 is 0 Å². The Hall–Kier alpha value is -9.59. The number of nitrogens with one attached hydrogen (secondary N) is 1. The Labute approximate surface area is 370 Å². The van der Waals surface area contributed by atoms with E-state index in [-0.39, 0.29) is 0 Å². The summed E-state index contributed by atoms with van der Waals surface area (Å²) in [6.45, 7) is 10.7. The summed E-state index contributed by atoms with van der Waals surface area (Å²) in [6.07, 6.45) is 0.908. The summed E-state index contributed by atoms with van der Waals surface area (Å²) in [7, 11) is 0. The predicted molar refractivity (Wildman–Crippen MR) is 253 cm³/mol. The van der Waals surface area contributed by atoms with Gasteiger partial charge in [-0.25, -0.2) is 15.0 Å². The molecule has 3 aromatic carbocycles. The molecule has 4 heterocycles. The van der Waals surface area contributed by atoms with Crippen molar-refractivity contribution in [3.8, 4) is 142 Å². The molecule has 0 fully saturated rings. The van der Waals surface area contributed by atoms with Gasteiger partial charge in [0.25, 0.3) is 0 Å². The SMILES string of the molecule is CC#CC1=C2C#Cc3cc(C#CC)cc(c3)C#CC3=C(C#CC)N=C(C#Cc4cc(C#CC)cc(c4)C#Cc4nc(C#CC)c([nH]4)C#Cc4cc(C#CC)cc(c4)C#CC(=N2)C1)C3. The zero-order valence-electron chi connectivity index (χ0n) is 35.5. The number of benzene rings is 3. The molecule has 288 valence electrons. The van der Waals surface area contributed by atoms with E-state index in [9.17, 15) is 0 Å². The second-order valence-corrected chi connectivity index (χ2v) is 13.6. The van der Waals surface area contributed by atoms with Gasteiger partial charge in [-0.05, 0) is 138 Å². The van der Waals surface area contributed by atoms with E-state index in [1.54, 1.807) is 41.5 Å². The minimum Gasteiger partial charge on any atom is -0.324 e. The van der Waals surface area contributed by atoms with Crippen molar-refractivity contribution in [3.05, 3.63) is 144 Å². The zero-order valence-corrected chi connectivity index (χ0v) is 35.5. The zero-order chi connectivity index (χ0) is 44.0. The van der Waals surface area contributed by atoms with E-state index in [1.807, 2.05) is 54.6 Å². The molecule has 0 unspecified atom stereocenters. The molecular weight excluding hydrogens is 765 g/mol. The fourth-order valence-electron chi connectivity index (χ4n) is 6.34. The van der Waals surface area contributed by atoms with Gasteiger partial charge in [-0.2, -0.15) is 0 Å². The number of rotatable bonds is 0. The van der Waals surface area contributed by atoms with E-state index in [0.29, 0.717) is 58.4 Å². The lowest BCUT2D eigenvalue weighted by Gasteiger charge is -1.98. The van der Waals surface area contributed by atoms with Crippen molar-refractivity contribution in [1.29, 1.82) is 0 Å². The van der Waals surface area contributed by atoms with Crippen molar-refractivity contribution in [3.63, 3.8) is 0 Å². The summed E-state index contributed by atoms with van der Waals surface area (Å²) in [4.78, 5) is 17.5. The van der Waals surface area contributed by atoms with Crippen LogP contribution in [0.5, 0.6) is 0 Å². The van der Waals surface area contributed by atoms with Gasteiger partial charge in [0, 0.05) is 74.1 Å². The van der Waals surface area contributed by atoms with Crippen LogP contribution in [0.3, 0.4) is 0 Å². The second kappa shape index (κ2) is 19.9. The molecule has 0 aliphatic carbocycles. The first kappa shape index (κ1) is 41.6. The molecule has 63 heavy (non-hydrogen) atoms. The molecule has 3 aliphatic heterocycles. The predicted octanol–water partition coefficient (Wildman–Crippen LogP) is 8.06. The maximum absolute atomic E-state index is 4.82. The van der Waals surface area contributed by atoms with Crippen molar-refractivity contribution in [1.82, 2.24) is 9.97 Å². The highest BCUT2D eigenvalue weighted by molar-refractivity contribution is 6.06. The Bertz CT molecular complexity index is 3630. The van der Waals surface area contributed by atoms with Crippen molar-refractivity contribution >= 4 is 11.4 Å². The molecule has 0 saturated heterocycles. The normalized spacial score (nSPS) is 12.1. The number of aliphatic imine (C=N–C) groups is 2. The number of hydrogen-bond donors (Lipinski definition) is 1. The van der Waals surface area contributed by atoms with E-state index in [0.717, 1.165) is 55.7 Å². The first-order valence-electron chi connectivity index (χ1n) is 19.7. The molecule has 4 nitrogen and oxygen atoms in total. The lowest BCUT2D eigenvalue weighted by atomic mass is 10.0. The van der Waals surface area contributed by atoms with Gasteiger partial charge in [-0.3, -0.25) is 0 Å². The molecule has 0 spiro atoms. The van der Waals surface area contributed by atoms with E-state index in [1.165, 1.54) is 0 Å². The van der Waals surface area contributed by atoms with Crippen molar-refractivity contribution in [2.45, 2.75) is 54.4 Å². The fraction of sp³-hybridized carbons (Fsp3) is 0.136. The molecule has 1 N–H and O–H groups in total. The van der Waals surface area contributed by atoms with E-state index in [2.05, 4.69) is 152 Å². The number of hydrogen-bond acceptors (Lipinski definition) is 3. The molecule has 0 radical (unpaired) electrons. The molecule has 1 aromatic heterocycles. The minimum atomic E-state index is 0.418. The van der Waals surface area contributed by atoms with Gasteiger partial charge in [-0.1, -0.05) is 77.0 Å². The van der Waals surface area contributed by atoms with Crippen LogP contribution in [-0.2, 0) is 0 Å². The van der Waals surface area contributed by atoms with Gasteiger partial charge in [0.15, 0.2) is 5.82 Å². The summed E-state index contributed by atoms with van der Waals surface area (Å²) in [5.41, 5.74) is 11.9. The Morgan fingerprint density at radius 3 is 1.41 bits per heavy atom. The van der Waals surface area contributed by atoms with Crippen LogP contribution in [0.15, 0.2) is 87.1 Å². The highest BCUT2D eigenvalue weighted by Gasteiger charge is 2.16. The van der Waals surface area contributed by atoms with Crippen LogP contribution < -0.4 is 0 Å². The molecular formula is C59H32N4. The molecule has 0 atom stereocenters. The molecule has 4 aromatic rings. The molecule has 3 aliphatic rings. The van der Waals surface area contributed by atoms with Gasteiger partial charge in [0.2, 0.25) is 0 Å². The summed E-state index contributed by atoms with van der Waals surface area (Å²) in [6, 6.07) is 17.4. The smallest absolute Gasteiger partial charge is 0.185 e. The average Bonchev–Trinajstić information content (AvgIpc) is 3.98. The molecule has 0 amide bonds. The first-order chi connectivity index (χ1) is 30.8. The second-order valence-electron chi connectivity index (χ2n) is 13.6. The highest BCUT2D eigenvalue weighted by Crippen LogP contribution is 2.21. The van der Waals surface area contributed by atoms with E-state index < -0.39 is 0 Å². The molecule has 4 heteroatoms. The van der Waals surface area contributed by atoms with Crippen LogP contribution in [-0.4, -0.2) is 21.4 Å².